The molecule has 3 nitrogen and oxygen atoms in total. The second-order valence-corrected chi connectivity index (χ2v) is 4.93. The molecular weight excluding hydrogens is 212 g/mol. The van der Waals surface area contributed by atoms with Gasteiger partial charge in [0, 0.05) is 17.0 Å². The van der Waals surface area contributed by atoms with Crippen LogP contribution in [0.15, 0.2) is 12.4 Å². The Hall–Kier alpha value is -1.22. The minimum absolute atomic E-state index is 0.0723. The van der Waals surface area contributed by atoms with Crippen LogP contribution in [0.4, 0.5) is 0 Å². The van der Waals surface area contributed by atoms with Gasteiger partial charge in [-0.15, -0.1) is 0 Å². The molecule has 1 N–H and O–H groups in total. The summed E-state index contributed by atoms with van der Waals surface area (Å²) in [5, 5.41) is 9.46. The number of aryl methyl sites for hydroxylation is 2. The van der Waals surface area contributed by atoms with E-state index >= 15 is 0 Å². The molecule has 0 saturated heterocycles. The Morgan fingerprint density at radius 2 is 2.00 bits per heavy atom. The lowest BCUT2D eigenvalue weighted by Crippen LogP contribution is -1.99. The monoisotopic (exact) mass is 232 g/mol. The van der Waals surface area contributed by atoms with Crippen molar-refractivity contribution in [3.05, 3.63) is 29.4 Å². The van der Waals surface area contributed by atoms with Crippen molar-refractivity contribution < 1.29 is 5.11 Å². The fraction of sp³-hybridized carbons (Fsp3) is 0.571. The van der Waals surface area contributed by atoms with Gasteiger partial charge in [0.05, 0.1) is 6.10 Å². The predicted molar refractivity (Wildman–Crippen MR) is 68.5 cm³/mol. The van der Waals surface area contributed by atoms with Crippen LogP contribution in [0.1, 0.15) is 42.6 Å². The molecule has 1 aromatic rings. The summed E-state index contributed by atoms with van der Waals surface area (Å²) in [7, 11) is 0. The lowest BCUT2D eigenvalue weighted by molar-refractivity contribution is 0.178. The third-order valence-corrected chi connectivity index (χ3v) is 3.55. The number of aromatic nitrogens is 2. The second kappa shape index (κ2) is 5.41. The summed E-state index contributed by atoms with van der Waals surface area (Å²) in [6.45, 7) is 4.02. The van der Waals surface area contributed by atoms with E-state index in [0.29, 0.717) is 5.92 Å². The third-order valence-electron chi connectivity index (χ3n) is 3.55. The molecule has 1 fully saturated rings. The highest BCUT2D eigenvalue weighted by atomic mass is 16.3. The first kappa shape index (κ1) is 12.2. The van der Waals surface area contributed by atoms with Crippen LogP contribution in [-0.2, 0) is 0 Å². The molecule has 0 aromatic carbocycles. The predicted octanol–water partition coefficient (Wildman–Crippen LogP) is 2.66. The summed E-state index contributed by atoms with van der Waals surface area (Å²) in [4.78, 5) is 8.40. The Morgan fingerprint density at radius 1 is 1.29 bits per heavy atom. The van der Waals surface area contributed by atoms with Crippen molar-refractivity contribution in [2.75, 3.05) is 0 Å². The number of aliphatic hydroxyl groups excluding tert-OH is 1. The van der Waals surface area contributed by atoms with Gasteiger partial charge >= 0.3 is 0 Å². The zero-order valence-corrected chi connectivity index (χ0v) is 10.6. The van der Waals surface area contributed by atoms with Gasteiger partial charge in [0.15, 0.2) is 0 Å². The minimum Gasteiger partial charge on any atom is -0.393 e. The number of allylic oxidation sites excluding steroid dienone is 1. The normalized spacial score (nSPS) is 24.6. The zero-order chi connectivity index (χ0) is 12.3. The van der Waals surface area contributed by atoms with Crippen LogP contribution in [0, 0.1) is 19.8 Å². The third kappa shape index (κ3) is 3.13. The molecule has 0 unspecified atom stereocenters. The molecular formula is C14H20N2O. The maximum absolute atomic E-state index is 9.46. The van der Waals surface area contributed by atoms with Crippen molar-refractivity contribution in [1.82, 2.24) is 9.97 Å². The minimum atomic E-state index is -0.0723. The van der Waals surface area contributed by atoms with E-state index in [9.17, 15) is 5.11 Å². The zero-order valence-electron chi connectivity index (χ0n) is 10.6. The van der Waals surface area contributed by atoms with Crippen LogP contribution >= 0.6 is 0 Å². The number of hydrogen-bond donors (Lipinski definition) is 1. The van der Waals surface area contributed by atoms with E-state index < -0.39 is 0 Å². The summed E-state index contributed by atoms with van der Waals surface area (Å²) >= 11 is 0. The van der Waals surface area contributed by atoms with E-state index in [1.807, 2.05) is 13.8 Å². The second-order valence-electron chi connectivity index (χ2n) is 4.93. The van der Waals surface area contributed by atoms with Crippen LogP contribution in [0.5, 0.6) is 0 Å². The van der Waals surface area contributed by atoms with Crippen molar-refractivity contribution in [3.8, 4) is 0 Å². The van der Waals surface area contributed by atoms with Crippen LogP contribution in [0.25, 0.3) is 6.08 Å². The first-order valence-electron chi connectivity index (χ1n) is 6.29. The van der Waals surface area contributed by atoms with E-state index in [2.05, 4.69) is 22.1 Å². The van der Waals surface area contributed by atoms with Crippen molar-refractivity contribution in [2.24, 2.45) is 5.92 Å². The van der Waals surface area contributed by atoms with E-state index in [-0.39, 0.29) is 6.10 Å². The van der Waals surface area contributed by atoms with Gasteiger partial charge in [-0.1, -0.05) is 12.2 Å². The number of nitrogens with zero attached hydrogens (tertiary/aromatic N) is 2. The van der Waals surface area contributed by atoms with Gasteiger partial charge in [0.2, 0.25) is 0 Å². The molecule has 0 radical (unpaired) electrons. The van der Waals surface area contributed by atoms with Gasteiger partial charge < -0.3 is 5.11 Å². The molecule has 0 spiro atoms. The average molecular weight is 232 g/mol. The molecule has 1 aromatic heterocycles. The lowest BCUT2D eigenvalue weighted by atomic mass is 10.0. The Morgan fingerprint density at radius 3 is 2.59 bits per heavy atom. The van der Waals surface area contributed by atoms with E-state index in [1.165, 1.54) is 0 Å². The number of aliphatic hydroxyl groups is 1. The standard InChI is InChI=1S/C14H20N2O/c1-10-14(11(2)16-9-15-10)5-3-4-12-6-7-13(17)8-12/h3,5,9,12-13,17H,4,6-8H2,1-2H3/b5-3-/t12-,13-/m1/s1. The molecule has 92 valence electrons. The van der Waals surface area contributed by atoms with E-state index in [1.54, 1.807) is 6.33 Å². The fourth-order valence-electron chi connectivity index (χ4n) is 2.49. The van der Waals surface area contributed by atoms with Gasteiger partial charge in [-0.3, -0.25) is 0 Å². The van der Waals surface area contributed by atoms with Gasteiger partial charge in [-0.25, -0.2) is 9.97 Å². The highest BCUT2D eigenvalue weighted by molar-refractivity contribution is 5.53. The molecule has 0 amide bonds. The fourth-order valence-corrected chi connectivity index (χ4v) is 2.49. The molecule has 1 aliphatic carbocycles. The smallest absolute Gasteiger partial charge is 0.115 e. The van der Waals surface area contributed by atoms with Crippen LogP contribution < -0.4 is 0 Å². The topological polar surface area (TPSA) is 46.0 Å². The Balaban J connectivity index is 1.96. The molecule has 1 saturated carbocycles. The summed E-state index contributed by atoms with van der Waals surface area (Å²) < 4.78 is 0. The van der Waals surface area contributed by atoms with Crippen LogP contribution in [-0.4, -0.2) is 21.2 Å². The molecule has 3 heteroatoms. The van der Waals surface area contributed by atoms with Gasteiger partial charge in [-0.05, 0) is 45.4 Å². The lowest BCUT2D eigenvalue weighted by Gasteiger charge is -2.05. The van der Waals surface area contributed by atoms with Gasteiger partial charge in [0.25, 0.3) is 0 Å². The summed E-state index contributed by atoms with van der Waals surface area (Å²) in [6, 6.07) is 0. The molecule has 1 heterocycles. The van der Waals surface area contributed by atoms with Gasteiger partial charge in [-0.2, -0.15) is 0 Å². The Labute approximate surface area is 103 Å². The number of rotatable bonds is 3. The van der Waals surface area contributed by atoms with E-state index in [4.69, 9.17) is 0 Å². The first-order valence-corrected chi connectivity index (χ1v) is 6.29. The first-order chi connectivity index (χ1) is 8.16. The maximum Gasteiger partial charge on any atom is 0.115 e. The molecule has 0 aliphatic heterocycles. The largest absolute Gasteiger partial charge is 0.393 e. The highest BCUT2D eigenvalue weighted by Gasteiger charge is 2.21. The summed E-state index contributed by atoms with van der Waals surface area (Å²) in [6.07, 6.45) is 9.96. The Kier molecular flexibility index (Phi) is 3.89. The summed E-state index contributed by atoms with van der Waals surface area (Å²) in [5.41, 5.74) is 3.19. The molecule has 2 atom stereocenters. The number of hydrogen-bond acceptors (Lipinski definition) is 3. The molecule has 0 bridgehead atoms. The molecule has 17 heavy (non-hydrogen) atoms. The quantitative estimate of drug-likeness (QED) is 0.871. The van der Waals surface area contributed by atoms with Crippen molar-refractivity contribution in [1.29, 1.82) is 0 Å². The van der Waals surface area contributed by atoms with Crippen molar-refractivity contribution in [2.45, 2.75) is 45.6 Å². The average Bonchev–Trinajstić information content (AvgIpc) is 2.69. The summed E-state index contributed by atoms with van der Waals surface area (Å²) in [5.74, 6) is 0.645. The Bertz CT molecular complexity index is 394. The van der Waals surface area contributed by atoms with E-state index in [0.717, 1.165) is 42.6 Å². The van der Waals surface area contributed by atoms with Gasteiger partial charge in [0.1, 0.15) is 6.33 Å². The van der Waals surface area contributed by atoms with Crippen LogP contribution in [0.2, 0.25) is 0 Å². The van der Waals surface area contributed by atoms with Crippen LogP contribution in [0.3, 0.4) is 0 Å². The molecule has 1 aliphatic rings. The SMILES string of the molecule is Cc1ncnc(C)c1/C=C\C[C@@H]1CC[C@@H](O)C1. The maximum atomic E-state index is 9.46. The molecule has 2 rings (SSSR count). The highest BCUT2D eigenvalue weighted by Crippen LogP contribution is 2.28. The van der Waals surface area contributed by atoms with Crippen molar-refractivity contribution >= 4 is 6.08 Å². The van der Waals surface area contributed by atoms with Crippen molar-refractivity contribution in [3.63, 3.8) is 0 Å².